The van der Waals surface area contributed by atoms with E-state index in [0.717, 1.165) is 12.8 Å². The Balaban J connectivity index is 0.00000289. The molecule has 0 atom stereocenters. The van der Waals surface area contributed by atoms with E-state index in [4.69, 9.17) is 5.73 Å². The van der Waals surface area contributed by atoms with E-state index in [1.165, 1.54) is 25.7 Å². The van der Waals surface area contributed by atoms with Gasteiger partial charge in [-0.2, -0.15) is 0 Å². The van der Waals surface area contributed by atoms with Gasteiger partial charge < -0.3 is 16.0 Å². The van der Waals surface area contributed by atoms with Crippen molar-refractivity contribution in [1.29, 1.82) is 0 Å². The molecule has 106 valence electrons. The minimum atomic E-state index is -0.285. The van der Waals surface area contributed by atoms with Crippen molar-refractivity contribution in [2.45, 2.75) is 44.6 Å². The summed E-state index contributed by atoms with van der Waals surface area (Å²) < 4.78 is 0. The summed E-state index contributed by atoms with van der Waals surface area (Å²) >= 11 is 0. The number of hydrogen-bond donors (Lipinski definition) is 2. The molecule has 1 aliphatic rings. The maximum Gasteiger partial charge on any atom is 0.241 e. The van der Waals surface area contributed by atoms with Gasteiger partial charge in [0.1, 0.15) is 0 Å². The van der Waals surface area contributed by atoms with Crippen molar-refractivity contribution < 1.29 is 9.59 Å². The summed E-state index contributed by atoms with van der Waals surface area (Å²) in [4.78, 5) is 24.6. The fourth-order valence-corrected chi connectivity index (χ4v) is 2.22. The van der Waals surface area contributed by atoms with Gasteiger partial charge in [-0.3, -0.25) is 9.59 Å². The van der Waals surface area contributed by atoms with Crippen LogP contribution in [0.2, 0.25) is 0 Å². The van der Waals surface area contributed by atoms with Gasteiger partial charge >= 0.3 is 0 Å². The van der Waals surface area contributed by atoms with Crippen molar-refractivity contribution in [3.63, 3.8) is 0 Å². The van der Waals surface area contributed by atoms with E-state index in [9.17, 15) is 9.59 Å². The Morgan fingerprint density at radius 2 is 1.78 bits per heavy atom. The topological polar surface area (TPSA) is 75.4 Å². The van der Waals surface area contributed by atoms with Crippen LogP contribution in [0.4, 0.5) is 0 Å². The molecule has 1 rings (SSSR count). The molecule has 0 aromatic carbocycles. The minimum Gasteiger partial charge on any atom is -0.346 e. The van der Waals surface area contributed by atoms with Crippen LogP contribution in [0.15, 0.2) is 0 Å². The molecule has 0 spiro atoms. The molecular weight excluding hydrogens is 254 g/mol. The van der Waals surface area contributed by atoms with E-state index in [2.05, 4.69) is 5.32 Å². The van der Waals surface area contributed by atoms with Crippen molar-refractivity contribution in [2.24, 2.45) is 5.73 Å². The summed E-state index contributed by atoms with van der Waals surface area (Å²) in [5.41, 5.74) is 5.16. The van der Waals surface area contributed by atoms with Crippen LogP contribution in [0.1, 0.15) is 38.5 Å². The number of carbonyl (C=O) groups excluding carboxylic acids is 2. The van der Waals surface area contributed by atoms with E-state index in [0.29, 0.717) is 6.04 Å². The standard InChI is InChI=1S/C12H23N3O2.ClH/c1-15(10-6-4-2-3-5-7-10)12(17)9-14-11(16)8-13;/h10H,2-9,13H2,1H3,(H,14,16);1H. The smallest absolute Gasteiger partial charge is 0.241 e. The third kappa shape index (κ3) is 5.69. The monoisotopic (exact) mass is 277 g/mol. The Morgan fingerprint density at radius 3 is 2.28 bits per heavy atom. The molecule has 0 aromatic heterocycles. The highest BCUT2D eigenvalue weighted by atomic mass is 35.5. The van der Waals surface area contributed by atoms with Gasteiger partial charge in [-0.05, 0) is 12.8 Å². The molecule has 18 heavy (non-hydrogen) atoms. The van der Waals surface area contributed by atoms with Gasteiger partial charge in [0, 0.05) is 13.1 Å². The molecular formula is C12H24ClN3O2. The molecule has 1 saturated carbocycles. The summed E-state index contributed by atoms with van der Waals surface area (Å²) in [5, 5.41) is 2.51. The van der Waals surface area contributed by atoms with Gasteiger partial charge in [0.2, 0.25) is 11.8 Å². The molecule has 0 radical (unpaired) electrons. The number of amides is 2. The maximum absolute atomic E-state index is 11.8. The fraction of sp³-hybridized carbons (Fsp3) is 0.833. The van der Waals surface area contributed by atoms with Gasteiger partial charge in [0.05, 0.1) is 13.1 Å². The van der Waals surface area contributed by atoms with Gasteiger partial charge in [-0.15, -0.1) is 12.4 Å². The second-order valence-corrected chi connectivity index (χ2v) is 4.63. The van der Waals surface area contributed by atoms with Crippen LogP contribution in [0.5, 0.6) is 0 Å². The Bertz CT molecular complexity index is 266. The molecule has 0 aromatic rings. The van der Waals surface area contributed by atoms with Crippen LogP contribution >= 0.6 is 12.4 Å². The average molecular weight is 278 g/mol. The summed E-state index contributed by atoms with van der Waals surface area (Å²) in [6.07, 6.45) is 7.07. The number of nitrogens with one attached hydrogen (secondary N) is 1. The number of rotatable bonds is 4. The third-order valence-corrected chi connectivity index (χ3v) is 3.39. The first-order valence-corrected chi connectivity index (χ1v) is 6.37. The van der Waals surface area contributed by atoms with Crippen molar-refractivity contribution in [1.82, 2.24) is 10.2 Å². The number of hydrogen-bond acceptors (Lipinski definition) is 3. The number of likely N-dealkylation sites (N-methyl/N-ethyl adjacent to an activating group) is 1. The lowest BCUT2D eigenvalue weighted by atomic mass is 10.1. The van der Waals surface area contributed by atoms with Crippen molar-refractivity contribution >= 4 is 24.2 Å². The molecule has 2 amide bonds. The Morgan fingerprint density at radius 1 is 1.22 bits per heavy atom. The number of nitrogens with two attached hydrogens (primary N) is 1. The second kappa shape index (κ2) is 9.16. The summed E-state index contributed by atoms with van der Waals surface area (Å²) in [5.74, 6) is -0.314. The molecule has 0 saturated heterocycles. The zero-order valence-electron chi connectivity index (χ0n) is 11.0. The van der Waals surface area contributed by atoms with Crippen LogP contribution < -0.4 is 11.1 Å². The highest BCUT2D eigenvalue weighted by Gasteiger charge is 2.20. The zero-order chi connectivity index (χ0) is 12.7. The quantitative estimate of drug-likeness (QED) is 0.742. The normalized spacial score (nSPS) is 16.3. The van der Waals surface area contributed by atoms with Crippen LogP contribution in [-0.4, -0.2) is 42.9 Å². The molecule has 3 N–H and O–H groups in total. The van der Waals surface area contributed by atoms with E-state index in [-0.39, 0.29) is 37.3 Å². The highest BCUT2D eigenvalue weighted by molar-refractivity contribution is 5.85. The first-order valence-electron chi connectivity index (χ1n) is 6.37. The average Bonchev–Trinajstić information content (AvgIpc) is 2.63. The lowest BCUT2D eigenvalue weighted by Gasteiger charge is -2.27. The van der Waals surface area contributed by atoms with Gasteiger partial charge in [-0.1, -0.05) is 25.7 Å². The van der Waals surface area contributed by atoms with Crippen LogP contribution in [0, 0.1) is 0 Å². The van der Waals surface area contributed by atoms with Gasteiger partial charge in [-0.25, -0.2) is 0 Å². The molecule has 1 fully saturated rings. The van der Waals surface area contributed by atoms with E-state index in [1.807, 2.05) is 7.05 Å². The first kappa shape index (κ1) is 17.2. The molecule has 5 nitrogen and oxygen atoms in total. The highest BCUT2D eigenvalue weighted by Crippen LogP contribution is 2.20. The molecule has 1 aliphatic carbocycles. The van der Waals surface area contributed by atoms with E-state index >= 15 is 0 Å². The number of nitrogens with zero attached hydrogens (tertiary/aromatic N) is 1. The minimum absolute atomic E-state index is 0. The second-order valence-electron chi connectivity index (χ2n) is 4.63. The van der Waals surface area contributed by atoms with E-state index in [1.54, 1.807) is 4.90 Å². The van der Waals surface area contributed by atoms with Crippen LogP contribution in [-0.2, 0) is 9.59 Å². The number of halogens is 1. The molecule has 0 heterocycles. The lowest BCUT2D eigenvalue weighted by Crippen LogP contribution is -2.44. The molecule has 6 heteroatoms. The maximum atomic E-state index is 11.8. The Hall–Kier alpha value is -0.810. The Labute approximate surface area is 115 Å². The molecule has 0 unspecified atom stereocenters. The third-order valence-electron chi connectivity index (χ3n) is 3.39. The summed E-state index contributed by atoms with van der Waals surface area (Å²) in [7, 11) is 1.83. The summed E-state index contributed by atoms with van der Waals surface area (Å²) in [6.45, 7) is -0.0105. The first-order chi connectivity index (χ1) is 8.15. The van der Waals surface area contributed by atoms with Gasteiger partial charge in [0.15, 0.2) is 0 Å². The van der Waals surface area contributed by atoms with Gasteiger partial charge in [0.25, 0.3) is 0 Å². The Kier molecular flexibility index (Phi) is 8.75. The van der Waals surface area contributed by atoms with Crippen molar-refractivity contribution in [3.8, 4) is 0 Å². The van der Waals surface area contributed by atoms with E-state index < -0.39 is 0 Å². The van der Waals surface area contributed by atoms with Crippen molar-refractivity contribution in [2.75, 3.05) is 20.1 Å². The summed E-state index contributed by atoms with van der Waals surface area (Å²) in [6, 6.07) is 0.333. The SMILES string of the molecule is CN(C(=O)CNC(=O)CN)C1CCCCCC1.Cl. The predicted octanol–water partition coefficient (Wildman–Crippen LogP) is 0.664. The lowest BCUT2D eigenvalue weighted by molar-refractivity contribution is -0.133. The van der Waals surface area contributed by atoms with Crippen LogP contribution in [0.25, 0.3) is 0 Å². The fourth-order valence-electron chi connectivity index (χ4n) is 2.22. The number of carbonyl (C=O) groups is 2. The van der Waals surface area contributed by atoms with Crippen molar-refractivity contribution in [3.05, 3.63) is 0 Å². The predicted molar refractivity (Wildman–Crippen MR) is 73.6 cm³/mol. The molecule has 0 bridgehead atoms. The van der Waals surface area contributed by atoms with Crippen LogP contribution in [0.3, 0.4) is 0 Å². The largest absolute Gasteiger partial charge is 0.346 e. The molecule has 0 aliphatic heterocycles. The zero-order valence-corrected chi connectivity index (χ0v) is 11.8.